The second kappa shape index (κ2) is 6.82. The lowest BCUT2D eigenvalue weighted by molar-refractivity contribution is -0.115. The number of carbonyl (C=O) groups excluding carboxylic acids is 1. The molecule has 0 atom stereocenters. The molecule has 3 rings (SSSR count). The summed E-state index contributed by atoms with van der Waals surface area (Å²) in [4.78, 5) is 27.7. The van der Waals surface area contributed by atoms with Gasteiger partial charge in [0.25, 0.3) is 5.91 Å². The van der Waals surface area contributed by atoms with Crippen molar-refractivity contribution in [2.45, 2.75) is 6.92 Å². The minimum absolute atomic E-state index is 0.202. The summed E-state index contributed by atoms with van der Waals surface area (Å²) in [5.41, 5.74) is 2.19. The standard InChI is InChI=1S/C18H14N2O4S/c1-10-2-4-11(5-3-10)8-15-16(22)20-18(25-15)19-12-6-7-13(17(23)24)14(21)9-12/h2-9,21H,1H3,(H,23,24)(H,19,20,22)/b15-8-. The fraction of sp³-hybridized carbons (Fsp3) is 0.0556. The quantitative estimate of drug-likeness (QED) is 0.735. The predicted molar refractivity (Wildman–Crippen MR) is 97.1 cm³/mol. The van der Waals surface area contributed by atoms with E-state index in [1.165, 1.54) is 30.0 Å². The number of carboxylic acids is 1. The van der Waals surface area contributed by atoms with Gasteiger partial charge in [0.15, 0.2) is 5.17 Å². The van der Waals surface area contributed by atoms with E-state index in [1.807, 2.05) is 31.2 Å². The van der Waals surface area contributed by atoms with Gasteiger partial charge in [-0.25, -0.2) is 9.79 Å². The number of carbonyl (C=O) groups is 2. The zero-order valence-corrected chi connectivity index (χ0v) is 14.0. The number of hydrogen-bond acceptors (Lipinski definition) is 5. The van der Waals surface area contributed by atoms with E-state index >= 15 is 0 Å². The molecule has 0 aromatic heterocycles. The van der Waals surface area contributed by atoms with Gasteiger partial charge in [0, 0.05) is 6.07 Å². The third-order valence-electron chi connectivity index (χ3n) is 3.47. The van der Waals surface area contributed by atoms with Gasteiger partial charge in [0.1, 0.15) is 11.3 Å². The van der Waals surface area contributed by atoms with Crippen LogP contribution in [0.1, 0.15) is 21.5 Å². The molecule has 0 aliphatic carbocycles. The Kier molecular flexibility index (Phi) is 4.58. The number of thioether (sulfide) groups is 1. The van der Waals surface area contributed by atoms with Crippen LogP contribution in [0.5, 0.6) is 5.75 Å². The van der Waals surface area contributed by atoms with Crippen LogP contribution in [0.15, 0.2) is 52.4 Å². The Labute approximate surface area is 147 Å². The lowest BCUT2D eigenvalue weighted by Gasteiger charge is -2.01. The minimum Gasteiger partial charge on any atom is -0.507 e. The highest BCUT2D eigenvalue weighted by molar-refractivity contribution is 8.18. The van der Waals surface area contributed by atoms with Gasteiger partial charge in [-0.15, -0.1) is 0 Å². The molecule has 0 unspecified atom stereocenters. The molecule has 1 heterocycles. The number of rotatable bonds is 3. The number of benzene rings is 2. The molecule has 0 saturated carbocycles. The van der Waals surface area contributed by atoms with Crippen LogP contribution in [-0.4, -0.2) is 27.3 Å². The van der Waals surface area contributed by atoms with Gasteiger partial charge >= 0.3 is 5.97 Å². The number of phenols is 1. The maximum atomic E-state index is 12.0. The Hall–Kier alpha value is -3.06. The second-order valence-electron chi connectivity index (χ2n) is 5.40. The molecule has 25 heavy (non-hydrogen) atoms. The van der Waals surface area contributed by atoms with Crippen LogP contribution >= 0.6 is 11.8 Å². The first-order valence-corrected chi connectivity index (χ1v) is 8.16. The summed E-state index contributed by atoms with van der Waals surface area (Å²) in [6.07, 6.45) is 1.77. The molecule has 1 amide bonds. The first-order valence-electron chi connectivity index (χ1n) is 7.35. The van der Waals surface area contributed by atoms with E-state index in [2.05, 4.69) is 10.3 Å². The molecule has 6 nitrogen and oxygen atoms in total. The van der Waals surface area contributed by atoms with Crippen molar-refractivity contribution in [3.8, 4) is 5.75 Å². The third kappa shape index (κ3) is 3.89. The Bertz CT molecular complexity index is 917. The molecule has 3 N–H and O–H groups in total. The molecule has 0 spiro atoms. The van der Waals surface area contributed by atoms with Crippen molar-refractivity contribution in [1.29, 1.82) is 0 Å². The molecule has 2 aromatic rings. The molecular formula is C18H14N2O4S. The van der Waals surface area contributed by atoms with Gasteiger partial charge in [-0.2, -0.15) is 0 Å². The van der Waals surface area contributed by atoms with E-state index in [9.17, 15) is 14.7 Å². The lowest BCUT2D eigenvalue weighted by Crippen LogP contribution is -2.19. The maximum Gasteiger partial charge on any atom is 0.339 e. The van der Waals surface area contributed by atoms with E-state index in [0.29, 0.717) is 15.8 Å². The lowest BCUT2D eigenvalue weighted by atomic mass is 10.1. The van der Waals surface area contributed by atoms with Crippen molar-refractivity contribution in [3.05, 3.63) is 64.1 Å². The van der Waals surface area contributed by atoms with E-state index in [0.717, 1.165) is 11.1 Å². The average molecular weight is 354 g/mol. The molecule has 1 aliphatic heterocycles. The summed E-state index contributed by atoms with van der Waals surface area (Å²) < 4.78 is 0. The van der Waals surface area contributed by atoms with Crippen molar-refractivity contribution in [2.24, 2.45) is 4.99 Å². The van der Waals surface area contributed by atoms with Crippen LogP contribution in [0.2, 0.25) is 0 Å². The summed E-state index contributed by atoms with van der Waals surface area (Å²) in [6.45, 7) is 1.99. The van der Waals surface area contributed by atoms with E-state index in [1.54, 1.807) is 6.08 Å². The predicted octanol–water partition coefficient (Wildman–Crippen LogP) is 3.29. The molecule has 0 bridgehead atoms. The summed E-state index contributed by atoms with van der Waals surface area (Å²) in [7, 11) is 0. The van der Waals surface area contributed by atoms with Gasteiger partial charge in [-0.05, 0) is 42.5 Å². The van der Waals surface area contributed by atoms with Crippen LogP contribution in [0, 0.1) is 6.92 Å². The zero-order valence-electron chi connectivity index (χ0n) is 13.2. The van der Waals surface area contributed by atoms with Crippen molar-refractivity contribution >= 4 is 40.6 Å². The zero-order chi connectivity index (χ0) is 18.0. The van der Waals surface area contributed by atoms with Crippen molar-refractivity contribution in [3.63, 3.8) is 0 Å². The molecule has 1 aliphatic rings. The second-order valence-corrected chi connectivity index (χ2v) is 6.43. The highest BCUT2D eigenvalue weighted by atomic mass is 32.2. The summed E-state index contributed by atoms with van der Waals surface area (Å²) in [5.74, 6) is -1.85. The van der Waals surface area contributed by atoms with E-state index in [4.69, 9.17) is 5.11 Å². The van der Waals surface area contributed by atoms with Crippen molar-refractivity contribution < 1.29 is 19.8 Å². The Balaban J connectivity index is 1.82. The number of nitrogens with one attached hydrogen (secondary N) is 1. The fourth-order valence-corrected chi connectivity index (χ4v) is 3.02. The van der Waals surface area contributed by atoms with E-state index in [-0.39, 0.29) is 17.2 Å². The van der Waals surface area contributed by atoms with Gasteiger partial charge in [-0.1, -0.05) is 29.8 Å². The number of aliphatic imine (C=N–C) groups is 1. The summed E-state index contributed by atoms with van der Waals surface area (Å²) >= 11 is 1.18. The van der Waals surface area contributed by atoms with Gasteiger partial charge < -0.3 is 15.5 Å². The summed E-state index contributed by atoms with van der Waals surface area (Å²) in [5, 5.41) is 21.6. The first kappa shape index (κ1) is 16.8. The molecule has 0 radical (unpaired) electrons. The van der Waals surface area contributed by atoms with Gasteiger partial charge in [0.05, 0.1) is 10.6 Å². The number of nitrogens with zero attached hydrogens (tertiary/aromatic N) is 1. The molecule has 7 heteroatoms. The number of amides is 1. The Morgan fingerprint density at radius 2 is 1.92 bits per heavy atom. The first-order chi connectivity index (χ1) is 11.9. The number of aromatic carboxylic acids is 1. The van der Waals surface area contributed by atoms with Crippen LogP contribution in [-0.2, 0) is 4.79 Å². The van der Waals surface area contributed by atoms with Crippen molar-refractivity contribution in [2.75, 3.05) is 0 Å². The molecule has 2 aromatic carbocycles. The average Bonchev–Trinajstić information content (AvgIpc) is 2.88. The van der Waals surface area contributed by atoms with Crippen molar-refractivity contribution in [1.82, 2.24) is 5.32 Å². The third-order valence-corrected chi connectivity index (χ3v) is 4.38. The number of aryl methyl sites for hydroxylation is 1. The highest BCUT2D eigenvalue weighted by Crippen LogP contribution is 2.30. The fourth-order valence-electron chi connectivity index (χ4n) is 2.18. The topological polar surface area (TPSA) is 99.0 Å². The Morgan fingerprint density at radius 1 is 1.20 bits per heavy atom. The smallest absolute Gasteiger partial charge is 0.339 e. The molecule has 1 saturated heterocycles. The van der Waals surface area contributed by atoms with Gasteiger partial charge in [0.2, 0.25) is 0 Å². The molecule has 1 fully saturated rings. The largest absolute Gasteiger partial charge is 0.507 e. The van der Waals surface area contributed by atoms with Crippen LogP contribution < -0.4 is 5.32 Å². The van der Waals surface area contributed by atoms with Crippen LogP contribution in [0.3, 0.4) is 0 Å². The summed E-state index contributed by atoms with van der Waals surface area (Å²) in [6, 6.07) is 11.7. The van der Waals surface area contributed by atoms with E-state index < -0.39 is 5.97 Å². The highest BCUT2D eigenvalue weighted by Gasteiger charge is 2.24. The van der Waals surface area contributed by atoms with Gasteiger partial charge in [-0.3, -0.25) is 4.79 Å². The monoisotopic (exact) mass is 354 g/mol. The van der Waals surface area contributed by atoms with Crippen LogP contribution in [0.4, 0.5) is 5.69 Å². The SMILES string of the molecule is Cc1ccc(/C=C2\SC(=Nc3ccc(C(=O)O)c(O)c3)NC2=O)cc1. The maximum absolute atomic E-state index is 12.0. The molecule has 126 valence electrons. The minimum atomic E-state index is -1.22. The van der Waals surface area contributed by atoms with Crippen LogP contribution in [0.25, 0.3) is 6.08 Å². The normalized spacial score (nSPS) is 17.1. The Morgan fingerprint density at radius 3 is 2.56 bits per heavy atom. The number of carboxylic acid groups (broad SMARTS) is 1. The molecular weight excluding hydrogens is 340 g/mol. The number of aromatic hydroxyl groups is 1. The number of amidine groups is 1. The number of hydrogen-bond donors (Lipinski definition) is 3.